The first-order chi connectivity index (χ1) is 14.8. The van der Waals surface area contributed by atoms with Crippen LogP contribution in [0.4, 0.5) is 0 Å². The number of carbonyl (C=O) groups is 1. The van der Waals surface area contributed by atoms with Crippen molar-refractivity contribution in [3.63, 3.8) is 0 Å². The fourth-order valence-electron chi connectivity index (χ4n) is 4.14. The van der Waals surface area contributed by atoms with Gasteiger partial charge in [-0.2, -0.15) is 0 Å². The van der Waals surface area contributed by atoms with E-state index in [0.29, 0.717) is 17.7 Å². The van der Waals surface area contributed by atoms with Crippen molar-refractivity contribution in [1.82, 2.24) is 5.32 Å². The summed E-state index contributed by atoms with van der Waals surface area (Å²) in [5.74, 6) is -0.798. The van der Waals surface area contributed by atoms with Crippen molar-refractivity contribution in [3.05, 3.63) is 29.8 Å². The number of carboxylic acids is 1. The molecule has 3 atom stereocenters. The van der Waals surface area contributed by atoms with E-state index in [1.165, 1.54) is 0 Å². The van der Waals surface area contributed by atoms with Gasteiger partial charge in [-0.05, 0) is 44.4 Å². The fraction of sp³-hybridized carbons (Fsp3) is 0.708. The van der Waals surface area contributed by atoms with Crippen molar-refractivity contribution in [3.8, 4) is 5.75 Å². The van der Waals surface area contributed by atoms with E-state index in [2.05, 4.69) is 12.2 Å². The topological polar surface area (TPSA) is 92.7 Å². The molecule has 2 N–H and O–H groups in total. The maximum atomic E-state index is 12.8. The molecule has 6 nitrogen and oxygen atoms in total. The van der Waals surface area contributed by atoms with Crippen LogP contribution in [-0.4, -0.2) is 49.2 Å². The Kier molecular flexibility index (Phi) is 10.8. The molecule has 1 aromatic carbocycles. The zero-order valence-electron chi connectivity index (χ0n) is 19.0. The molecule has 1 aliphatic heterocycles. The molecule has 1 aromatic rings. The lowest BCUT2D eigenvalue weighted by Crippen LogP contribution is -2.44. The molecule has 176 valence electrons. The van der Waals surface area contributed by atoms with E-state index in [9.17, 15) is 18.3 Å². The SMILES string of the molecule is CCCCCCCCS(=O)(=O)C(Cc1ccccc1OC(C)C1CCCCN1)C(=O)O. The van der Waals surface area contributed by atoms with Gasteiger partial charge in [-0.1, -0.05) is 63.6 Å². The van der Waals surface area contributed by atoms with E-state index in [4.69, 9.17) is 4.74 Å². The van der Waals surface area contributed by atoms with Crippen LogP contribution < -0.4 is 10.1 Å². The van der Waals surface area contributed by atoms with Gasteiger partial charge in [0.2, 0.25) is 0 Å². The van der Waals surface area contributed by atoms with Crippen LogP contribution in [0.25, 0.3) is 0 Å². The summed E-state index contributed by atoms with van der Waals surface area (Å²) in [6, 6.07) is 7.44. The zero-order chi connectivity index (χ0) is 22.7. The molecule has 0 spiro atoms. The van der Waals surface area contributed by atoms with Crippen LogP contribution in [0.3, 0.4) is 0 Å². The minimum Gasteiger partial charge on any atom is -0.489 e. The summed E-state index contributed by atoms with van der Waals surface area (Å²) in [6.07, 6.45) is 8.90. The van der Waals surface area contributed by atoms with Gasteiger partial charge < -0.3 is 15.2 Å². The van der Waals surface area contributed by atoms with Gasteiger partial charge in [-0.25, -0.2) is 8.42 Å². The highest BCUT2D eigenvalue weighted by Crippen LogP contribution is 2.25. The minimum atomic E-state index is -3.75. The lowest BCUT2D eigenvalue weighted by Gasteiger charge is -2.30. The highest BCUT2D eigenvalue weighted by atomic mass is 32.2. The van der Waals surface area contributed by atoms with E-state index in [0.717, 1.165) is 57.9 Å². The molecule has 1 heterocycles. The molecule has 0 radical (unpaired) electrons. The number of para-hydroxylation sites is 1. The molecule has 1 aliphatic rings. The monoisotopic (exact) mass is 453 g/mol. The van der Waals surface area contributed by atoms with Gasteiger partial charge >= 0.3 is 5.97 Å². The lowest BCUT2D eigenvalue weighted by molar-refractivity contribution is -0.136. The number of hydrogen-bond donors (Lipinski definition) is 2. The number of sulfone groups is 1. The number of nitrogens with one attached hydrogen (secondary N) is 1. The second-order valence-electron chi connectivity index (χ2n) is 8.65. The third-order valence-corrected chi connectivity index (χ3v) is 8.19. The molecular formula is C24H39NO5S. The average molecular weight is 454 g/mol. The Morgan fingerprint density at radius 2 is 1.87 bits per heavy atom. The number of rotatable bonds is 14. The van der Waals surface area contributed by atoms with Crippen LogP contribution in [0.15, 0.2) is 24.3 Å². The molecular weight excluding hydrogens is 414 g/mol. The molecule has 3 unspecified atom stereocenters. The van der Waals surface area contributed by atoms with Crippen molar-refractivity contribution in [2.75, 3.05) is 12.3 Å². The maximum absolute atomic E-state index is 12.8. The second kappa shape index (κ2) is 13.1. The van der Waals surface area contributed by atoms with Crippen LogP contribution in [0, 0.1) is 0 Å². The minimum absolute atomic E-state index is 0.0749. The summed E-state index contributed by atoms with van der Waals surface area (Å²) in [4.78, 5) is 11.9. The summed E-state index contributed by atoms with van der Waals surface area (Å²) in [6.45, 7) is 5.11. The first kappa shape index (κ1) is 25.7. The van der Waals surface area contributed by atoms with Crippen molar-refractivity contribution in [2.24, 2.45) is 0 Å². The molecule has 0 aliphatic carbocycles. The van der Waals surface area contributed by atoms with Crippen LogP contribution in [0.5, 0.6) is 5.75 Å². The van der Waals surface area contributed by atoms with Crippen molar-refractivity contribution in [1.29, 1.82) is 0 Å². The van der Waals surface area contributed by atoms with E-state index < -0.39 is 21.1 Å². The van der Waals surface area contributed by atoms with Gasteiger partial charge in [-0.15, -0.1) is 0 Å². The Balaban J connectivity index is 2.02. The highest BCUT2D eigenvalue weighted by Gasteiger charge is 2.33. The van der Waals surface area contributed by atoms with Crippen molar-refractivity contribution < 1.29 is 23.1 Å². The summed E-state index contributed by atoms with van der Waals surface area (Å²) in [5, 5.41) is 11.7. The second-order valence-corrected chi connectivity index (χ2v) is 11.0. The normalized spacial score (nSPS) is 19.0. The molecule has 0 bridgehead atoms. The number of hydrogen-bond acceptors (Lipinski definition) is 5. The smallest absolute Gasteiger partial charge is 0.322 e. The maximum Gasteiger partial charge on any atom is 0.322 e. The first-order valence-corrected chi connectivity index (χ1v) is 13.5. The van der Waals surface area contributed by atoms with Gasteiger partial charge in [0.1, 0.15) is 11.9 Å². The van der Waals surface area contributed by atoms with Crippen molar-refractivity contribution >= 4 is 15.8 Å². The molecule has 2 rings (SSSR count). The quantitative estimate of drug-likeness (QED) is 0.407. The van der Waals surface area contributed by atoms with Gasteiger partial charge in [0.25, 0.3) is 0 Å². The Morgan fingerprint density at radius 3 is 2.55 bits per heavy atom. The zero-order valence-corrected chi connectivity index (χ0v) is 19.8. The number of aliphatic carboxylic acids is 1. The number of carboxylic acid groups (broad SMARTS) is 1. The third-order valence-electron chi connectivity index (χ3n) is 6.10. The standard InChI is InChI=1S/C24H39NO5S/c1-3-4-5-6-7-12-17-31(28,29)23(24(26)27)18-20-13-8-9-15-22(20)30-19(2)21-14-10-11-16-25-21/h8-9,13,15,19,21,23,25H,3-7,10-12,14,16-18H2,1-2H3,(H,26,27). The number of piperidine rings is 1. The number of unbranched alkanes of at least 4 members (excludes halogenated alkanes) is 5. The van der Waals surface area contributed by atoms with E-state index in [-0.39, 0.29) is 24.3 Å². The molecule has 1 fully saturated rings. The highest BCUT2D eigenvalue weighted by molar-refractivity contribution is 7.92. The average Bonchev–Trinajstić information content (AvgIpc) is 2.75. The molecule has 0 saturated carbocycles. The molecule has 0 amide bonds. The Morgan fingerprint density at radius 1 is 1.16 bits per heavy atom. The van der Waals surface area contributed by atoms with Gasteiger partial charge in [-0.3, -0.25) is 4.79 Å². The molecule has 7 heteroatoms. The Bertz CT molecular complexity index is 774. The lowest BCUT2D eigenvalue weighted by atomic mass is 10.0. The van der Waals surface area contributed by atoms with Gasteiger partial charge in [0, 0.05) is 12.5 Å². The van der Waals surface area contributed by atoms with Crippen molar-refractivity contribution in [2.45, 2.75) is 95.5 Å². The summed E-state index contributed by atoms with van der Waals surface area (Å²) in [5.41, 5.74) is 0.629. The van der Waals surface area contributed by atoms with Crippen LogP contribution in [-0.2, 0) is 21.1 Å². The van der Waals surface area contributed by atoms with Gasteiger partial charge in [0.05, 0.1) is 5.75 Å². The largest absolute Gasteiger partial charge is 0.489 e. The first-order valence-electron chi connectivity index (χ1n) is 11.8. The van der Waals surface area contributed by atoms with Gasteiger partial charge in [0.15, 0.2) is 15.1 Å². The summed E-state index contributed by atoms with van der Waals surface area (Å²) < 4.78 is 31.8. The Hall–Kier alpha value is -1.60. The van der Waals surface area contributed by atoms with Crippen LogP contribution in [0.1, 0.15) is 77.2 Å². The van der Waals surface area contributed by atoms with E-state index >= 15 is 0 Å². The molecule has 1 saturated heterocycles. The van der Waals surface area contributed by atoms with Crippen LogP contribution in [0.2, 0.25) is 0 Å². The predicted octanol–water partition coefficient (Wildman–Crippen LogP) is 4.37. The number of benzene rings is 1. The molecule has 0 aromatic heterocycles. The van der Waals surface area contributed by atoms with Crippen LogP contribution >= 0.6 is 0 Å². The van der Waals surface area contributed by atoms with E-state index in [1.807, 2.05) is 13.0 Å². The molecule has 31 heavy (non-hydrogen) atoms. The summed E-state index contributed by atoms with van der Waals surface area (Å²) >= 11 is 0. The van der Waals surface area contributed by atoms with E-state index in [1.54, 1.807) is 18.2 Å². The number of ether oxygens (including phenoxy) is 1. The Labute approximate surface area is 187 Å². The predicted molar refractivity (Wildman–Crippen MR) is 124 cm³/mol. The third kappa shape index (κ3) is 8.45. The summed E-state index contributed by atoms with van der Waals surface area (Å²) in [7, 11) is -3.75. The fourth-order valence-corrected chi connectivity index (χ4v) is 5.77.